The van der Waals surface area contributed by atoms with Crippen LogP contribution < -0.4 is 10.00 Å². The van der Waals surface area contributed by atoms with Crippen LogP contribution in [0.25, 0.3) is 10.6 Å². The van der Waals surface area contributed by atoms with E-state index in [0.29, 0.717) is 0 Å². The summed E-state index contributed by atoms with van der Waals surface area (Å²) in [6.07, 6.45) is 0. The molecule has 1 heterocycles. The number of benzene rings is 2. The van der Waals surface area contributed by atoms with E-state index in [1.54, 1.807) is 11.3 Å². The van der Waals surface area contributed by atoms with Gasteiger partial charge in [0, 0.05) is 10.8 Å². The molecule has 0 aliphatic carbocycles. The number of rotatable bonds is 3. The number of para-hydroxylation sites is 1. The van der Waals surface area contributed by atoms with Gasteiger partial charge >= 0.3 is 0 Å². The van der Waals surface area contributed by atoms with Crippen LogP contribution in [0.15, 0.2) is 54.6 Å². The van der Waals surface area contributed by atoms with Gasteiger partial charge < -0.3 is 5.32 Å². The number of hydrogen-bond donors (Lipinski definition) is 1. The van der Waals surface area contributed by atoms with Gasteiger partial charge in [0.25, 0.3) is 10.1 Å². The van der Waals surface area contributed by atoms with Crippen molar-refractivity contribution in [1.29, 1.82) is 0 Å². The molecule has 0 aliphatic heterocycles. The van der Waals surface area contributed by atoms with Crippen molar-refractivity contribution in [3.63, 3.8) is 0 Å². The summed E-state index contributed by atoms with van der Waals surface area (Å²) in [6, 6.07) is 18.6. The fourth-order valence-electron chi connectivity index (χ4n) is 2.00. The number of nitrogens with one attached hydrogen (secondary N) is 1. The van der Waals surface area contributed by atoms with Crippen LogP contribution in [0.4, 0.5) is 10.8 Å². The summed E-state index contributed by atoms with van der Waals surface area (Å²) >= 11 is 1.65. The Labute approximate surface area is 122 Å². The van der Waals surface area contributed by atoms with Crippen LogP contribution in [0.3, 0.4) is 0 Å². The molecule has 0 fully saturated rings. The fourth-order valence-corrected chi connectivity index (χ4v) is 2.94. The first-order valence-corrected chi connectivity index (χ1v) is 7.30. The summed E-state index contributed by atoms with van der Waals surface area (Å²) in [4.78, 5) is 0. The standard InChI is InChI=1S/C16H16N3S/c1-12-8-10-13(11-9-12)15-19(2)18-16(20-15)17-14-6-4-3-5-7-14/h3-11H,1-2H3,(H,17,18)/q+1. The van der Waals surface area contributed by atoms with Gasteiger partial charge in [-0.15, -0.1) is 0 Å². The quantitative estimate of drug-likeness (QED) is 0.742. The predicted octanol–water partition coefficient (Wildman–Crippen LogP) is 3.69. The molecule has 3 aromatic rings. The van der Waals surface area contributed by atoms with Gasteiger partial charge in [-0.25, -0.2) is 0 Å². The molecule has 0 saturated carbocycles. The Morgan fingerprint density at radius 3 is 2.40 bits per heavy atom. The Kier molecular flexibility index (Phi) is 3.48. The maximum atomic E-state index is 4.53. The molecular weight excluding hydrogens is 266 g/mol. The molecule has 4 heteroatoms. The maximum absolute atomic E-state index is 4.53. The molecule has 0 saturated heterocycles. The highest BCUT2D eigenvalue weighted by molar-refractivity contribution is 7.18. The number of aromatic nitrogens is 2. The van der Waals surface area contributed by atoms with Crippen molar-refractivity contribution in [2.24, 2.45) is 7.05 Å². The van der Waals surface area contributed by atoms with Crippen molar-refractivity contribution in [2.45, 2.75) is 6.92 Å². The van der Waals surface area contributed by atoms with E-state index >= 15 is 0 Å². The van der Waals surface area contributed by atoms with Gasteiger partial charge in [0.05, 0.1) is 5.56 Å². The SMILES string of the molecule is Cc1ccc(-c2sc(Nc3ccccc3)n[n+]2C)cc1. The zero-order chi connectivity index (χ0) is 13.9. The van der Waals surface area contributed by atoms with E-state index in [1.165, 1.54) is 11.1 Å². The van der Waals surface area contributed by atoms with Gasteiger partial charge in [-0.05, 0) is 42.5 Å². The number of anilines is 2. The van der Waals surface area contributed by atoms with Gasteiger partial charge in [-0.1, -0.05) is 40.6 Å². The molecule has 0 amide bonds. The van der Waals surface area contributed by atoms with E-state index < -0.39 is 0 Å². The molecule has 100 valence electrons. The minimum Gasteiger partial charge on any atom is -0.327 e. The van der Waals surface area contributed by atoms with Crippen molar-refractivity contribution in [3.05, 3.63) is 60.2 Å². The average molecular weight is 282 g/mol. The summed E-state index contributed by atoms with van der Waals surface area (Å²) in [6.45, 7) is 2.10. The van der Waals surface area contributed by atoms with Gasteiger partial charge in [-0.2, -0.15) is 0 Å². The van der Waals surface area contributed by atoms with Crippen LogP contribution in [0.1, 0.15) is 5.56 Å². The zero-order valence-electron chi connectivity index (χ0n) is 11.5. The van der Waals surface area contributed by atoms with Crippen LogP contribution >= 0.6 is 11.3 Å². The van der Waals surface area contributed by atoms with Gasteiger partial charge in [0.2, 0.25) is 0 Å². The van der Waals surface area contributed by atoms with Crippen molar-refractivity contribution in [2.75, 3.05) is 5.32 Å². The van der Waals surface area contributed by atoms with E-state index in [2.05, 4.69) is 41.6 Å². The maximum Gasteiger partial charge on any atom is 0.297 e. The second-order valence-corrected chi connectivity index (χ2v) is 5.67. The minimum absolute atomic E-state index is 0.897. The third-order valence-corrected chi connectivity index (χ3v) is 4.12. The van der Waals surface area contributed by atoms with E-state index in [9.17, 15) is 0 Å². The van der Waals surface area contributed by atoms with E-state index in [0.717, 1.165) is 15.8 Å². The minimum atomic E-state index is 0.897. The highest BCUT2D eigenvalue weighted by Gasteiger charge is 2.18. The monoisotopic (exact) mass is 282 g/mol. The van der Waals surface area contributed by atoms with Crippen molar-refractivity contribution >= 4 is 22.2 Å². The summed E-state index contributed by atoms with van der Waals surface area (Å²) in [5.41, 5.74) is 3.51. The number of nitrogens with zero attached hydrogens (tertiary/aromatic N) is 2. The Morgan fingerprint density at radius 1 is 1.00 bits per heavy atom. The van der Waals surface area contributed by atoms with Crippen LogP contribution in [0, 0.1) is 6.92 Å². The molecule has 3 nitrogen and oxygen atoms in total. The Hall–Kier alpha value is -2.20. The number of aryl methyl sites for hydroxylation is 2. The Balaban J connectivity index is 1.89. The van der Waals surface area contributed by atoms with Gasteiger partial charge in [0.15, 0.2) is 7.05 Å². The van der Waals surface area contributed by atoms with Crippen molar-refractivity contribution in [1.82, 2.24) is 5.10 Å². The molecule has 20 heavy (non-hydrogen) atoms. The molecule has 1 aromatic heterocycles. The lowest BCUT2D eigenvalue weighted by Crippen LogP contribution is -2.31. The average Bonchev–Trinajstić information content (AvgIpc) is 2.81. The van der Waals surface area contributed by atoms with Crippen molar-refractivity contribution in [3.8, 4) is 10.6 Å². The van der Waals surface area contributed by atoms with E-state index in [-0.39, 0.29) is 0 Å². The van der Waals surface area contributed by atoms with Crippen LogP contribution in [0.5, 0.6) is 0 Å². The lowest BCUT2D eigenvalue weighted by atomic mass is 10.2. The fraction of sp³-hybridized carbons (Fsp3) is 0.125. The normalized spacial score (nSPS) is 10.5. The molecule has 0 radical (unpaired) electrons. The summed E-state index contributed by atoms with van der Waals surface area (Å²) in [5.74, 6) is 0. The van der Waals surface area contributed by atoms with E-state index in [1.807, 2.05) is 42.1 Å². The number of hydrogen-bond acceptors (Lipinski definition) is 3. The Morgan fingerprint density at radius 2 is 1.70 bits per heavy atom. The Bertz CT molecular complexity index is 702. The van der Waals surface area contributed by atoms with E-state index in [4.69, 9.17) is 0 Å². The second-order valence-electron chi connectivity index (χ2n) is 4.69. The summed E-state index contributed by atoms with van der Waals surface area (Å²) < 4.78 is 1.92. The molecule has 0 unspecified atom stereocenters. The summed E-state index contributed by atoms with van der Waals surface area (Å²) in [7, 11) is 1.97. The third-order valence-electron chi connectivity index (χ3n) is 3.05. The molecule has 0 spiro atoms. The first-order valence-electron chi connectivity index (χ1n) is 6.48. The predicted molar refractivity (Wildman–Crippen MR) is 83.2 cm³/mol. The molecule has 0 atom stereocenters. The van der Waals surface area contributed by atoms with Crippen LogP contribution in [-0.2, 0) is 7.05 Å². The summed E-state index contributed by atoms with van der Waals surface area (Å²) in [5, 5.41) is 9.90. The highest BCUT2D eigenvalue weighted by Crippen LogP contribution is 2.26. The van der Waals surface area contributed by atoms with Crippen LogP contribution in [0.2, 0.25) is 0 Å². The first-order chi connectivity index (χ1) is 9.72. The molecule has 2 aromatic carbocycles. The highest BCUT2D eigenvalue weighted by atomic mass is 32.1. The molecule has 1 N–H and O–H groups in total. The lowest BCUT2D eigenvalue weighted by molar-refractivity contribution is -0.714. The molecule has 0 aliphatic rings. The molecule has 0 bridgehead atoms. The second kappa shape index (κ2) is 5.43. The lowest BCUT2D eigenvalue weighted by Gasteiger charge is -1.97. The van der Waals surface area contributed by atoms with Gasteiger partial charge in [0.1, 0.15) is 0 Å². The smallest absolute Gasteiger partial charge is 0.297 e. The largest absolute Gasteiger partial charge is 0.327 e. The zero-order valence-corrected chi connectivity index (χ0v) is 12.3. The van der Waals surface area contributed by atoms with Crippen molar-refractivity contribution < 1.29 is 4.68 Å². The topological polar surface area (TPSA) is 28.8 Å². The van der Waals surface area contributed by atoms with Crippen LogP contribution in [-0.4, -0.2) is 5.10 Å². The third kappa shape index (κ3) is 2.70. The van der Waals surface area contributed by atoms with Gasteiger partial charge in [-0.3, -0.25) is 0 Å². The molecular formula is C16H16N3S+. The first kappa shape index (κ1) is 12.8. The molecule has 3 rings (SSSR count).